The summed E-state index contributed by atoms with van der Waals surface area (Å²) in [6.07, 6.45) is -0.662. The number of carboxylic acid groups (broad SMARTS) is 1. The molecule has 6 heterocycles. The van der Waals surface area contributed by atoms with Crippen LogP contribution < -0.4 is 0 Å². The molecule has 14 nitrogen and oxygen atoms in total. The molecule has 6 saturated heterocycles. The number of carbonyl (C=O) groups is 1. The Bertz CT molecular complexity index is 1420. The van der Waals surface area contributed by atoms with Gasteiger partial charge in [-0.25, -0.2) is 0 Å². The molecule has 0 aromatic rings. The lowest BCUT2D eigenvalue weighted by molar-refractivity contribution is -0.358. The van der Waals surface area contributed by atoms with Gasteiger partial charge in [0, 0.05) is 82.7 Å². The van der Waals surface area contributed by atoms with Crippen LogP contribution in [0.1, 0.15) is 108 Å². The fourth-order valence-electron chi connectivity index (χ4n) is 12.2. The lowest BCUT2D eigenvalue weighted by Gasteiger charge is -2.54. The molecule has 0 saturated carbocycles. The van der Waals surface area contributed by atoms with Gasteiger partial charge in [-0.15, -0.1) is 0 Å². The first-order valence-corrected chi connectivity index (χ1v) is 21.4. The van der Waals surface area contributed by atoms with E-state index in [4.69, 9.17) is 47.4 Å². The summed E-state index contributed by atoms with van der Waals surface area (Å²) < 4.78 is 65.1. The van der Waals surface area contributed by atoms with Gasteiger partial charge in [-0.05, 0) is 40.0 Å². The predicted molar refractivity (Wildman–Crippen MR) is 207 cm³/mol. The third-order valence-electron chi connectivity index (χ3n) is 15.8. The van der Waals surface area contributed by atoms with E-state index in [0.717, 1.165) is 12.8 Å². The van der Waals surface area contributed by atoms with E-state index in [1.165, 1.54) is 0 Å². The van der Waals surface area contributed by atoms with Crippen LogP contribution in [0.2, 0.25) is 0 Å². The first-order valence-electron chi connectivity index (χ1n) is 21.4. The monoisotopic (exact) mass is 815 g/mol. The van der Waals surface area contributed by atoms with Crippen LogP contribution in [0.4, 0.5) is 0 Å². The van der Waals surface area contributed by atoms with Crippen molar-refractivity contribution in [3.05, 3.63) is 0 Å². The molecule has 0 radical (unpaired) electrons. The zero-order chi connectivity index (χ0) is 42.2. The molecule has 14 heteroatoms. The van der Waals surface area contributed by atoms with Crippen LogP contribution in [0, 0.1) is 41.4 Å². The van der Waals surface area contributed by atoms with E-state index >= 15 is 0 Å². The van der Waals surface area contributed by atoms with Crippen LogP contribution in [-0.4, -0.2) is 139 Å². The highest BCUT2D eigenvalue weighted by Gasteiger charge is 2.64. The van der Waals surface area contributed by atoms with E-state index in [0.29, 0.717) is 19.3 Å². The third-order valence-corrected chi connectivity index (χ3v) is 15.8. The molecular formula is C43H74O14. The van der Waals surface area contributed by atoms with E-state index in [-0.39, 0.29) is 66.0 Å². The summed E-state index contributed by atoms with van der Waals surface area (Å²) in [5.41, 5.74) is -1.31. The van der Waals surface area contributed by atoms with Crippen LogP contribution in [0.3, 0.4) is 0 Å². The first kappa shape index (κ1) is 45.5. The standard InChI is InChI=1S/C43H74O14/c1-21-28(48-11)19-42(55-31(21)22(2)32-23(3)34(50-13)27(7)43(47,56-32)20-30(44)45)18-17-39(8,57-42)29-15-16-40(9,53-29)38-25(5)35(51-14)37(52-38)36-24(4)33(49-12)26(6)41(10,46)54-36/h21-29,31-38,46-47H,15-20H2,1-14H3,(H,44,45)/t21-,22-,23+,24+,25+,26-,27-,28+,29-,31+,32-,33+,34+,35-,36+,37-,38-,39+,40+,41+,42-,43?/m1/s1. The molecule has 3 N–H and O–H groups in total. The van der Waals surface area contributed by atoms with Crippen molar-refractivity contribution in [2.24, 2.45) is 41.4 Å². The van der Waals surface area contributed by atoms with Crippen molar-refractivity contribution in [2.75, 3.05) is 28.4 Å². The minimum absolute atomic E-state index is 0.0281. The summed E-state index contributed by atoms with van der Waals surface area (Å²) in [5, 5.41) is 32.6. The van der Waals surface area contributed by atoms with E-state index < -0.39 is 77.4 Å². The second-order valence-corrected chi connectivity index (χ2v) is 19.5. The Morgan fingerprint density at radius 1 is 0.702 bits per heavy atom. The molecule has 0 bridgehead atoms. The number of aliphatic carboxylic acids is 1. The molecule has 0 aromatic heterocycles. The molecule has 57 heavy (non-hydrogen) atoms. The zero-order valence-electron chi connectivity index (χ0n) is 36.9. The van der Waals surface area contributed by atoms with Gasteiger partial charge >= 0.3 is 5.97 Å². The Kier molecular flexibility index (Phi) is 13.1. The van der Waals surface area contributed by atoms with Gasteiger partial charge in [0.25, 0.3) is 0 Å². The van der Waals surface area contributed by atoms with Gasteiger partial charge in [-0.3, -0.25) is 4.79 Å². The molecule has 1 unspecified atom stereocenters. The molecule has 1 spiro atoms. The van der Waals surface area contributed by atoms with Crippen LogP contribution >= 0.6 is 0 Å². The van der Waals surface area contributed by atoms with Crippen molar-refractivity contribution in [3.63, 3.8) is 0 Å². The Morgan fingerprint density at radius 2 is 1.32 bits per heavy atom. The number of hydrogen-bond acceptors (Lipinski definition) is 13. The van der Waals surface area contributed by atoms with Crippen molar-refractivity contribution in [1.82, 2.24) is 0 Å². The summed E-state index contributed by atoms with van der Waals surface area (Å²) in [6, 6.07) is 0. The molecule has 6 rings (SSSR count). The van der Waals surface area contributed by atoms with Gasteiger partial charge in [0.2, 0.25) is 0 Å². The highest BCUT2D eigenvalue weighted by Crippen LogP contribution is 2.55. The maximum absolute atomic E-state index is 11.9. The quantitative estimate of drug-likeness (QED) is 0.257. The Morgan fingerprint density at radius 3 is 1.91 bits per heavy atom. The Balaban J connectivity index is 1.19. The van der Waals surface area contributed by atoms with E-state index in [1.54, 1.807) is 42.3 Å². The van der Waals surface area contributed by atoms with Gasteiger partial charge < -0.3 is 62.7 Å². The maximum Gasteiger partial charge on any atom is 0.308 e. The van der Waals surface area contributed by atoms with Crippen molar-refractivity contribution in [3.8, 4) is 0 Å². The van der Waals surface area contributed by atoms with Crippen molar-refractivity contribution in [1.29, 1.82) is 0 Å². The zero-order valence-corrected chi connectivity index (χ0v) is 36.9. The summed E-state index contributed by atoms with van der Waals surface area (Å²) in [4.78, 5) is 11.9. The Labute approximate surface area is 340 Å². The number of ether oxygens (including phenoxy) is 10. The molecule has 0 aliphatic carbocycles. The largest absolute Gasteiger partial charge is 0.481 e. The maximum atomic E-state index is 11.9. The summed E-state index contributed by atoms with van der Waals surface area (Å²) in [6.45, 7) is 20.1. The van der Waals surface area contributed by atoms with Crippen LogP contribution in [0.5, 0.6) is 0 Å². The molecule has 0 aromatic carbocycles. The SMILES string of the molecule is CO[C@@H]1[C@H](C)[C@H]([C@]2(C)CC[C@H]([C@]3(C)CC[C@]4(C[C@H](OC)[C@@H](C)[C@@H]([C@@H](C)[C@H]5OC(O)(CC(=O)O)[C@H](C)[C@@H](OC)[C@H]5C)O4)O3)O2)O[C@H]1[C@H]1O[C@](C)(O)[C@H](C)[C@@H](OC)[C@@H]1C. The lowest BCUT2D eigenvalue weighted by Crippen LogP contribution is -2.63. The molecule has 22 atom stereocenters. The lowest BCUT2D eigenvalue weighted by atomic mass is 9.72. The average Bonchev–Trinajstić information content (AvgIpc) is 3.82. The number of rotatable bonds is 11. The highest BCUT2D eigenvalue weighted by atomic mass is 16.7. The summed E-state index contributed by atoms with van der Waals surface area (Å²) >= 11 is 0. The minimum Gasteiger partial charge on any atom is -0.481 e. The van der Waals surface area contributed by atoms with Gasteiger partial charge in [0.15, 0.2) is 17.4 Å². The van der Waals surface area contributed by atoms with Crippen LogP contribution in [-0.2, 0) is 52.2 Å². The van der Waals surface area contributed by atoms with Gasteiger partial charge in [0.1, 0.15) is 6.10 Å². The van der Waals surface area contributed by atoms with E-state index in [2.05, 4.69) is 34.6 Å². The van der Waals surface area contributed by atoms with E-state index in [1.807, 2.05) is 20.8 Å². The van der Waals surface area contributed by atoms with Gasteiger partial charge in [-0.1, -0.05) is 48.5 Å². The van der Waals surface area contributed by atoms with E-state index in [9.17, 15) is 20.1 Å². The van der Waals surface area contributed by atoms with Gasteiger partial charge in [0.05, 0.1) is 72.6 Å². The fraction of sp³-hybridized carbons (Fsp3) is 0.977. The number of hydrogen-bond donors (Lipinski definition) is 3. The summed E-state index contributed by atoms with van der Waals surface area (Å²) in [5.74, 6) is -6.75. The molecule has 330 valence electrons. The van der Waals surface area contributed by atoms with Crippen LogP contribution in [0.15, 0.2) is 0 Å². The fourth-order valence-corrected chi connectivity index (χ4v) is 12.2. The minimum atomic E-state index is -1.90. The number of carboxylic acids is 1. The molecule has 6 aliphatic heterocycles. The molecule has 6 fully saturated rings. The topological polar surface area (TPSA) is 170 Å². The molecular weight excluding hydrogens is 740 g/mol. The van der Waals surface area contributed by atoms with Crippen molar-refractivity contribution >= 4 is 5.97 Å². The van der Waals surface area contributed by atoms with Crippen molar-refractivity contribution in [2.45, 2.75) is 197 Å². The number of aliphatic hydroxyl groups is 2. The smallest absolute Gasteiger partial charge is 0.308 e. The second-order valence-electron chi connectivity index (χ2n) is 19.5. The molecule has 6 aliphatic rings. The summed E-state index contributed by atoms with van der Waals surface area (Å²) in [7, 11) is 6.69. The second kappa shape index (κ2) is 16.4. The first-order chi connectivity index (χ1) is 26.5. The number of methoxy groups -OCH3 is 4. The Hall–Kier alpha value is -1.01. The predicted octanol–water partition coefficient (Wildman–Crippen LogP) is 4.93. The highest BCUT2D eigenvalue weighted by molar-refractivity contribution is 5.68. The van der Waals surface area contributed by atoms with Crippen LogP contribution in [0.25, 0.3) is 0 Å². The van der Waals surface area contributed by atoms with Gasteiger partial charge in [-0.2, -0.15) is 0 Å². The normalized spacial score (nSPS) is 55.0. The average molecular weight is 815 g/mol. The third kappa shape index (κ3) is 7.88. The van der Waals surface area contributed by atoms with Crippen molar-refractivity contribution < 1.29 is 67.5 Å². The molecule has 0 amide bonds.